The lowest BCUT2D eigenvalue weighted by Crippen LogP contribution is -2.00. The van der Waals surface area contributed by atoms with Gasteiger partial charge in [0, 0.05) is 6.07 Å². The molecule has 0 N–H and O–H groups in total. The van der Waals surface area contributed by atoms with Crippen molar-refractivity contribution in [2.45, 2.75) is 19.8 Å². The Kier molecular flexibility index (Phi) is 2.21. The molecule has 1 nitrogen and oxygen atoms in total. The molecule has 1 aliphatic carbocycles. The van der Waals surface area contributed by atoms with Crippen molar-refractivity contribution in [3.05, 3.63) is 29.6 Å². The van der Waals surface area contributed by atoms with Gasteiger partial charge in [-0.3, -0.25) is 0 Å². The zero-order valence-electron chi connectivity index (χ0n) is 7.72. The van der Waals surface area contributed by atoms with E-state index in [4.69, 9.17) is 4.74 Å². The Morgan fingerprint density at radius 3 is 2.92 bits per heavy atom. The van der Waals surface area contributed by atoms with Crippen LogP contribution in [0.1, 0.15) is 18.4 Å². The van der Waals surface area contributed by atoms with Crippen LogP contribution in [0, 0.1) is 18.7 Å². The summed E-state index contributed by atoms with van der Waals surface area (Å²) in [5, 5.41) is 0. The van der Waals surface area contributed by atoms with E-state index >= 15 is 0 Å². The predicted molar refractivity (Wildman–Crippen MR) is 49.4 cm³/mol. The van der Waals surface area contributed by atoms with Crippen molar-refractivity contribution in [3.63, 3.8) is 0 Å². The molecule has 0 radical (unpaired) electrons. The Labute approximate surface area is 77.5 Å². The number of hydrogen-bond donors (Lipinski definition) is 0. The maximum absolute atomic E-state index is 12.8. The second-order valence-electron chi connectivity index (χ2n) is 3.66. The molecule has 1 aromatic rings. The molecule has 0 aromatic heterocycles. The van der Waals surface area contributed by atoms with Gasteiger partial charge in [0.25, 0.3) is 0 Å². The number of halogens is 1. The molecular weight excluding hydrogens is 167 g/mol. The third-order valence-electron chi connectivity index (χ3n) is 2.32. The fraction of sp³-hybridized carbons (Fsp3) is 0.455. The molecule has 0 amide bonds. The summed E-state index contributed by atoms with van der Waals surface area (Å²) >= 11 is 0. The molecular formula is C11H13FO. The van der Waals surface area contributed by atoms with Crippen molar-refractivity contribution in [3.8, 4) is 5.75 Å². The van der Waals surface area contributed by atoms with Gasteiger partial charge in [-0.05, 0) is 37.3 Å². The predicted octanol–water partition coefficient (Wildman–Crippen LogP) is 2.92. The van der Waals surface area contributed by atoms with E-state index < -0.39 is 0 Å². The minimum Gasteiger partial charge on any atom is -0.493 e. The summed E-state index contributed by atoms with van der Waals surface area (Å²) in [7, 11) is 0. The fourth-order valence-electron chi connectivity index (χ4n) is 1.22. The maximum Gasteiger partial charge on any atom is 0.126 e. The van der Waals surface area contributed by atoms with Crippen LogP contribution in [-0.4, -0.2) is 6.61 Å². The first-order chi connectivity index (χ1) is 6.25. The van der Waals surface area contributed by atoms with Crippen LogP contribution >= 0.6 is 0 Å². The summed E-state index contributed by atoms with van der Waals surface area (Å²) in [6, 6.07) is 4.66. The highest BCUT2D eigenvalue weighted by Gasteiger charge is 2.22. The molecule has 0 saturated heterocycles. The minimum atomic E-state index is -0.226. The van der Waals surface area contributed by atoms with Gasteiger partial charge >= 0.3 is 0 Å². The quantitative estimate of drug-likeness (QED) is 0.695. The Morgan fingerprint density at radius 1 is 1.46 bits per heavy atom. The lowest BCUT2D eigenvalue weighted by atomic mass is 10.2. The van der Waals surface area contributed by atoms with Crippen LogP contribution in [0.25, 0.3) is 0 Å². The normalized spacial score (nSPS) is 15.8. The van der Waals surface area contributed by atoms with Gasteiger partial charge in [0.15, 0.2) is 0 Å². The van der Waals surface area contributed by atoms with Crippen molar-refractivity contribution in [2.24, 2.45) is 5.92 Å². The van der Waals surface area contributed by atoms with Crippen molar-refractivity contribution >= 4 is 0 Å². The lowest BCUT2D eigenvalue weighted by molar-refractivity contribution is 0.296. The smallest absolute Gasteiger partial charge is 0.126 e. The summed E-state index contributed by atoms with van der Waals surface area (Å²) in [6.07, 6.45) is 2.52. The highest BCUT2D eigenvalue weighted by atomic mass is 19.1. The zero-order valence-corrected chi connectivity index (χ0v) is 7.72. The molecule has 13 heavy (non-hydrogen) atoms. The average Bonchev–Trinajstić information content (AvgIpc) is 2.90. The fourth-order valence-corrected chi connectivity index (χ4v) is 1.22. The first-order valence-corrected chi connectivity index (χ1v) is 4.64. The SMILES string of the molecule is Cc1ccc(F)cc1OCC1CC1. The molecule has 0 aliphatic heterocycles. The van der Waals surface area contributed by atoms with E-state index in [1.807, 2.05) is 6.92 Å². The van der Waals surface area contributed by atoms with E-state index in [0.717, 1.165) is 12.2 Å². The zero-order chi connectivity index (χ0) is 9.26. The molecule has 1 fully saturated rings. The number of hydrogen-bond acceptors (Lipinski definition) is 1. The van der Waals surface area contributed by atoms with Gasteiger partial charge in [0.05, 0.1) is 6.61 Å². The highest BCUT2D eigenvalue weighted by molar-refractivity contribution is 5.32. The molecule has 2 rings (SSSR count). The third-order valence-corrected chi connectivity index (χ3v) is 2.32. The van der Waals surface area contributed by atoms with Crippen LogP contribution < -0.4 is 4.74 Å². The second kappa shape index (κ2) is 3.36. The molecule has 1 saturated carbocycles. The van der Waals surface area contributed by atoms with Crippen molar-refractivity contribution in [1.29, 1.82) is 0 Å². The lowest BCUT2D eigenvalue weighted by Gasteiger charge is -2.07. The number of aryl methyl sites for hydroxylation is 1. The van der Waals surface area contributed by atoms with E-state index in [-0.39, 0.29) is 5.82 Å². The molecule has 0 spiro atoms. The van der Waals surface area contributed by atoms with Crippen LogP contribution in [0.4, 0.5) is 4.39 Å². The Morgan fingerprint density at radius 2 is 2.23 bits per heavy atom. The van der Waals surface area contributed by atoms with Gasteiger partial charge in [-0.25, -0.2) is 4.39 Å². The van der Waals surface area contributed by atoms with E-state index in [9.17, 15) is 4.39 Å². The van der Waals surface area contributed by atoms with Crippen molar-refractivity contribution < 1.29 is 9.13 Å². The summed E-state index contributed by atoms with van der Waals surface area (Å²) in [4.78, 5) is 0. The van der Waals surface area contributed by atoms with E-state index in [0.29, 0.717) is 11.7 Å². The molecule has 1 aromatic carbocycles. The van der Waals surface area contributed by atoms with Gasteiger partial charge < -0.3 is 4.74 Å². The standard InChI is InChI=1S/C11H13FO/c1-8-2-5-10(12)6-11(8)13-7-9-3-4-9/h2,5-6,9H,3-4,7H2,1H3. The van der Waals surface area contributed by atoms with Gasteiger partial charge in [-0.15, -0.1) is 0 Å². The summed E-state index contributed by atoms with van der Waals surface area (Å²) in [6.45, 7) is 2.67. The highest BCUT2D eigenvalue weighted by Crippen LogP contribution is 2.30. The minimum absolute atomic E-state index is 0.226. The second-order valence-corrected chi connectivity index (χ2v) is 3.66. The molecule has 2 heteroatoms. The maximum atomic E-state index is 12.8. The number of rotatable bonds is 3. The monoisotopic (exact) mass is 180 g/mol. The van der Waals surface area contributed by atoms with Crippen molar-refractivity contribution in [2.75, 3.05) is 6.61 Å². The van der Waals surface area contributed by atoms with Gasteiger partial charge in [-0.2, -0.15) is 0 Å². The Balaban J connectivity index is 2.03. The van der Waals surface area contributed by atoms with E-state index in [1.165, 1.54) is 25.0 Å². The van der Waals surface area contributed by atoms with Gasteiger partial charge in [0.1, 0.15) is 11.6 Å². The van der Waals surface area contributed by atoms with Crippen molar-refractivity contribution in [1.82, 2.24) is 0 Å². The summed E-state index contributed by atoms with van der Waals surface area (Å²) < 4.78 is 18.3. The van der Waals surface area contributed by atoms with Crippen LogP contribution in [0.2, 0.25) is 0 Å². The summed E-state index contributed by atoms with van der Waals surface area (Å²) in [5.41, 5.74) is 1.00. The largest absolute Gasteiger partial charge is 0.493 e. The van der Waals surface area contributed by atoms with Crippen LogP contribution in [-0.2, 0) is 0 Å². The molecule has 0 unspecified atom stereocenters. The topological polar surface area (TPSA) is 9.23 Å². The molecule has 0 atom stereocenters. The van der Waals surface area contributed by atoms with E-state index in [1.54, 1.807) is 6.07 Å². The third kappa shape index (κ3) is 2.20. The molecule has 0 heterocycles. The molecule has 0 bridgehead atoms. The van der Waals surface area contributed by atoms with Crippen LogP contribution in [0.3, 0.4) is 0 Å². The van der Waals surface area contributed by atoms with Crippen LogP contribution in [0.5, 0.6) is 5.75 Å². The average molecular weight is 180 g/mol. The molecule has 1 aliphatic rings. The van der Waals surface area contributed by atoms with Crippen LogP contribution in [0.15, 0.2) is 18.2 Å². The number of benzene rings is 1. The van der Waals surface area contributed by atoms with Gasteiger partial charge in [-0.1, -0.05) is 6.07 Å². The van der Waals surface area contributed by atoms with E-state index in [2.05, 4.69) is 0 Å². The Hall–Kier alpha value is -1.05. The first-order valence-electron chi connectivity index (χ1n) is 4.64. The Bertz CT molecular complexity index is 305. The molecule has 70 valence electrons. The number of ether oxygens (including phenoxy) is 1. The summed E-state index contributed by atoms with van der Waals surface area (Å²) in [5.74, 6) is 1.17. The van der Waals surface area contributed by atoms with Gasteiger partial charge in [0.2, 0.25) is 0 Å². The first kappa shape index (κ1) is 8.54.